The molecule has 1 aliphatic heterocycles. The smallest absolute Gasteiger partial charge is 0.259 e. The SMILES string of the molecule is COc1cccc(OC)c1C(=O)NC1CCN(C(=O)c2cc(Cl)ccc2Cl)CC1. The molecule has 2 aromatic rings. The summed E-state index contributed by atoms with van der Waals surface area (Å²) in [6.07, 6.45) is 1.26. The first-order valence-corrected chi connectivity index (χ1v) is 9.96. The average molecular weight is 437 g/mol. The third-order valence-corrected chi connectivity index (χ3v) is 5.50. The molecule has 1 N–H and O–H groups in total. The molecule has 0 aliphatic carbocycles. The van der Waals surface area contributed by atoms with Crippen LogP contribution in [0.3, 0.4) is 0 Å². The summed E-state index contributed by atoms with van der Waals surface area (Å²) in [7, 11) is 3.02. The van der Waals surface area contributed by atoms with E-state index in [2.05, 4.69) is 5.32 Å². The number of methoxy groups -OCH3 is 2. The van der Waals surface area contributed by atoms with Gasteiger partial charge in [-0.25, -0.2) is 0 Å². The number of amides is 2. The Morgan fingerprint density at radius 2 is 1.66 bits per heavy atom. The molecule has 1 saturated heterocycles. The number of carbonyl (C=O) groups excluding carboxylic acids is 2. The van der Waals surface area contributed by atoms with Crippen LogP contribution >= 0.6 is 23.2 Å². The van der Waals surface area contributed by atoms with Crippen molar-refractivity contribution in [1.29, 1.82) is 0 Å². The molecule has 0 radical (unpaired) electrons. The first-order chi connectivity index (χ1) is 13.9. The van der Waals surface area contributed by atoms with Gasteiger partial charge in [0.15, 0.2) is 0 Å². The number of ether oxygens (including phenoxy) is 2. The fourth-order valence-corrected chi connectivity index (χ4v) is 3.76. The number of halogens is 2. The average Bonchev–Trinajstić information content (AvgIpc) is 2.74. The summed E-state index contributed by atoms with van der Waals surface area (Å²) in [5, 5.41) is 3.86. The second kappa shape index (κ2) is 9.37. The van der Waals surface area contributed by atoms with Crippen LogP contribution in [0.25, 0.3) is 0 Å². The van der Waals surface area contributed by atoms with E-state index >= 15 is 0 Å². The standard InChI is InChI=1S/C21H22Cl2N2O4/c1-28-17-4-3-5-18(29-2)19(17)20(26)24-14-8-10-25(11-9-14)21(27)15-12-13(22)6-7-16(15)23/h3-7,12,14H,8-11H2,1-2H3,(H,24,26). The van der Waals surface area contributed by atoms with Crippen molar-refractivity contribution in [3.63, 3.8) is 0 Å². The number of piperidine rings is 1. The van der Waals surface area contributed by atoms with Crippen molar-refractivity contribution in [2.75, 3.05) is 27.3 Å². The van der Waals surface area contributed by atoms with Crippen LogP contribution in [-0.2, 0) is 0 Å². The lowest BCUT2D eigenvalue weighted by Crippen LogP contribution is -2.46. The van der Waals surface area contributed by atoms with Crippen LogP contribution in [0, 0.1) is 0 Å². The Morgan fingerprint density at radius 1 is 1.03 bits per heavy atom. The van der Waals surface area contributed by atoms with Crippen LogP contribution in [0.15, 0.2) is 36.4 Å². The molecule has 8 heteroatoms. The van der Waals surface area contributed by atoms with Crippen LogP contribution in [0.1, 0.15) is 33.6 Å². The van der Waals surface area contributed by atoms with Gasteiger partial charge < -0.3 is 19.7 Å². The zero-order chi connectivity index (χ0) is 21.0. The Balaban J connectivity index is 1.64. The molecule has 3 rings (SSSR count). The molecule has 1 heterocycles. The largest absolute Gasteiger partial charge is 0.496 e. The summed E-state index contributed by atoms with van der Waals surface area (Å²) in [5.41, 5.74) is 0.752. The molecule has 0 unspecified atom stereocenters. The summed E-state index contributed by atoms with van der Waals surface area (Å²) in [6.45, 7) is 1.02. The number of carbonyl (C=O) groups is 2. The molecule has 1 aliphatic rings. The van der Waals surface area contributed by atoms with E-state index in [9.17, 15) is 9.59 Å². The maximum absolute atomic E-state index is 12.8. The molecule has 29 heavy (non-hydrogen) atoms. The number of likely N-dealkylation sites (tertiary alicyclic amines) is 1. The van der Waals surface area contributed by atoms with Gasteiger partial charge in [-0.1, -0.05) is 29.3 Å². The fourth-order valence-electron chi connectivity index (χ4n) is 3.39. The maximum Gasteiger partial charge on any atom is 0.259 e. The summed E-state index contributed by atoms with van der Waals surface area (Å²) in [5.74, 6) is 0.478. The van der Waals surface area contributed by atoms with E-state index in [0.29, 0.717) is 58.6 Å². The molecule has 2 aromatic carbocycles. The maximum atomic E-state index is 12.8. The quantitative estimate of drug-likeness (QED) is 0.767. The molecule has 0 bridgehead atoms. The second-order valence-corrected chi connectivity index (χ2v) is 7.55. The van der Waals surface area contributed by atoms with Gasteiger partial charge in [0, 0.05) is 24.2 Å². The van der Waals surface area contributed by atoms with Crippen molar-refractivity contribution in [2.45, 2.75) is 18.9 Å². The predicted octanol–water partition coefficient (Wildman–Crippen LogP) is 4.05. The molecular formula is C21H22Cl2N2O4. The first kappa shape index (κ1) is 21.3. The minimum absolute atomic E-state index is 0.0593. The number of hydrogen-bond acceptors (Lipinski definition) is 4. The van der Waals surface area contributed by atoms with Gasteiger partial charge >= 0.3 is 0 Å². The van der Waals surface area contributed by atoms with Gasteiger partial charge in [-0.15, -0.1) is 0 Å². The summed E-state index contributed by atoms with van der Waals surface area (Å²) in [4.78, 5) is 27.3. The lowest BCUT2D eigenvalue weighted by Gasteiger charge is -2.32. The van der Waals surface area contributed by atoms with Crippen molar-refractivity contribution in [3.05, 3.63) is 57.6 Å². The van der Waals surface area contributed by atoms with Gasteiger partial charge in [0.05, 0.1) is 24.8 Å². The monoisotopic (exact) mass is 436 g/mol. The molecule has 0 aromatic heterocycles. The van der Waals surface area contributed by atoms with Crippen LogP contribution in [-0.4, -0.2) is 50.1 Å². The topological polar surface area (TPSA) is 67.9 Å². The highest BCUT2D eigenvalue weighted by Gasteiger charge is 2.27. The molecule has 0 saturated carbocycles. The van der Waals surface area contributed by atoms with Gasteiger partial charge in [-0.05, 0) is 43.2 Å². The van der Waals surface area contributed by atoms with Gasteiger partial charge in [0.1, 0.15) is 17.1 Å². The predicted molar refractivity (Wildman–Crippen MR) is 112 cm³/mol. The molecule has 1 fully saturated rings. The Kier molecular flexibility index (Phi) is 6.87. The highest BCUT2D eigenvalue weighted by Crippen LogP contribution is 2.29. The minimum atomic E-state index is -0.262. The third-order valence-electron chi connectivity index (χ3n) is 4.93. The van der Waals surface area contributed by atoms with E-state index in [0.717, 1.165) is 0 Å². The molecule has 0 atom stereocenters. The second-order valence-electron chi connectivity index (χ2n) is 6.70. The number of nitrogens with one attached hydrogen (secondary N) is 1. The van der Waals surface area contributed by atoms with E-state index in [1.807, 2.05) is 0 Å². The molecule has 6 nitrogen and oxygen atoms in total. The Bertz CT molecular complexity index is 889. The Labute approximate surface area is 179 Å². The van der Waals surface area contributed by atoms with Gasteiger partial charge in [0.25, 0.3) is 11.8 Å². The molecule has 2 amide bonds. The van der Waals surface area contributed by atoms with Crippen molar-refractivity contribution < 1.29 is 19.1 Å². The van der Waals surface area contributed by atoms with Crippen LogP contribution < -0.4 is 14.8 Å². The lowest BCUT2D eigenvalue weighted by molar-refractivity contribution is 0.0698. The summed E-state index contributed by atoms with van der Waals surface area (Å²) < 4.78 is 10.6. The molecule has 0 spiro atoms. The van der Waals surface area contributed by atoms with E-state index in [1.165, 1.54) is 14.2 Å². The van der Waals surface area contributed by atoms with Crippen LogP contribution in [0.2, 0.25) is 10.0 Å². The van der Waals surface area contributed by atoms with Crippen molar-refractivity contribution in [1.82, 2.24) is 10.2 Å². The number of benzene rings is 2. The number of hydrogen-bond donors (Lipinski definition) is 1. The van der Waals surface area contributed by atoms with Gasteiger partial charge in [0.2, 0.25) is 0 Å². The van der Waals surface area contributed by atoms with Crippen LogP contribution in [0.4, 0.5) is 0 Å². The van der Waals surface area contributed by atoms with Gasteiger partial charge in [-0.2, -0.15) is 0 Å². The van der Waals surface area contributed by atoms with Crippen molar-refractivity contribution in [3.8, 4) is 11.5 Å². The van der Waals surface area contributed by atoms with Crippen molar-refractivity contribution in [2.24, 2.45) is 0 Å². The third kappa shape index (κ3) is 4.77. The lowest BCUT2D eigenvalue weighted by atomic mass is 10.0. The first-order valence-electron chi connectivity index (χ1n) is 9.20. The van der Waals surface area contributed by atoms with Gasteiger partial charge in [-0.3, -0.25) is 9.59 Å². The zero-order valence-corrected chi connectivity index (χ0v) is 17.7. The zero-order valence-electron chi connectivity index (χ0n) is 16.2. The van der Waals surface area contributed by atoms with E-state index in [1.54, 1.807) is 41.3 Å². The van der Waals surface area contributed by atoms with Crippen molar-refractivity contribution >= 4 is 35.0 Å². The number of nitrogens with zero attached hydrogens (tertiary/aromatic N) is 1. The van der Waals surface area contributed by atoms with E-state index < -0.39 is 0 Å². The highest BCUT2D eigenvalue weighted by molar-refractivity contribution is 6.35. The van der Waals surface area contributed by atoms with E-state index in [-0.39, 0.29) is 17.9 Å². The Hall–Kier alpha value is -2.44. The molecule has 154 valence electrons. The fraction of sp³-hybridized carbons (Fsp3) is 0.333. The molecular weight excluding hydrogens is 415 g/mol. The summed E-state index contributed by atoms with van der Waals surface area (Å²) >= 11 is 12.1. The minimum Gasteiger partial charge on any atom is -0.496 e. The normalized spacial score (nSPS) is 14.4. The van der Waals surface area contributed by atoms with E-state index in [4.69, 9.17) is 32.7 Å². The number of rotatable bonds is 5. The summed E-state index contributed by atoms with van der Waals surface area (Å²) in [6, 6.07) is 9.98. The Morgan fingerprint density at radius 3 is 2.24 bits per heavy atom. The van der Waals surface area contributed by atoms with Crippen LogP contribution in [0.5, 0.6) is 11.5 Å². The highest BCUT2D eigenvalue weighted by atomic mass is 35.5.